The highest BCUT2D eigenvalue weighted by atomic mass is 16.4. The molecule has 13 heavy (non-hydrogen) atoms. The number of aromatic nitrogens is 2. The van der Waals surface area contributed by atoms with E-state index >= 15 is 0 Å². The molecule has 0 atom stereocenters. The van der Waals surface area contributed by atoms with Crippen molar-refractivity contribution in [1.82, 2.24) is 9.97 Å². The predicted molar refractivity (Wildman–Crippen MR) is 47.6 cm³/mol. The van der Waals surface area contributed by atoms with Gasteiger partial charge in [-0.1, -0.05) is 0 Å². The lowest BCUT2D eigenvalue weighted by Gasteiger charge is -1.96. The van der Waals surface area contributed by atoms with E-state index in [0.717, 1.165) is 0 Å². The van der Waals surface area contributed by atoms with E-state index in [2.05, 4.69) is 9.97 Å². The maximum atomic E-state index is 9.07. The van der Waals surface area contributed by atoms with Crippen molar-refractivity contribution in [2.75, 3.05) is 0 Å². The topological polar surface area (TPSA) is 89.4 Å². The predicted octanol–water partition coefficient (Wildman–Crippen LogP) is -1.05. The molecule has 0 saturated carbocycles. The minimum absolute atomic E-state index is 0.00656. The first-order valence-electron chi connectivity index (χ1n) is 3.71. The van der Waals surface area contributed by atoms with Crippen LogP contribution in [0.2, 0.25) is 0 Å². The molecule has 0 saturated heterocycles. The standard InChI is InChI=1S/C7H7BN2O3/c11-7-3-5-4(10-7)1-2-6(9-5)8(12)13/h1-3,10-13H. The number of aromatic hydroxyl groups is 1. The number of H-pyrrole nitrogens is 1. The summed E-state index contributed by atoms with van der Waals surface area (Å²) in [4.78, 5) is 6.56. The maximum absolute atomic E-state index is 9.07. The summed E-state index contributed by atoms with van der Waals surface area (Å²) < 4.78 is 0. The fraction of sp³-hybridized carbons (Fsp3) is 0. The first-order chi connectivity index (χ1) is 6.16. The van der Waals surface area contributed by atoms with E-state index in [1.165, 1.54) is 12.1 Å². The van der Waals surface area contributed by atoms with Crippen LogP contribution in [0, 0.1) is 0 Å². The Balaban J connectivity index is 2.61. The zero-order valence-corrected chi connectivity index (χ0v) is 6.60. The number of hydrogen-bond donors (Lipinski definition) is 4. The van der Waals surface area contributed by atoms with Gasteiger partial charge in [-0.25, -0.2) is 0 Å². The van der Waals surface area contributed by atoms with E-state index in [1.54, 1.807) is 6.07 Å². The number of fused-ring (bicyclic) bond motifs is 1. The van der Waals surface area contributed by atoms with Crippen LogP contribution in [0.3, 0.4) is 0 Å². The van der Waals surface area contributed by atoms with E-state index in [0.29, 0.717) is 11.0 Å². The van der Waals surface area contributed by atoms with Gasteiger partial charge in [-0.15, -0.1) is 0 Å². The van der Waals surface area contributed by atoms with Gasteiger partial charge >= 0.3 is 7.12 Å². The normalized spacial score (nSPS) is 10.6. The van der Waals surface area contributed by atoms with Crippen LogP contribution in [0.4, 0.5) is 0 Å². The van der Waals surface area contributed by atoms with E-state index in [1.807, 2.05) is 0 Å². The second-order valence-corrected chi connectivity index (χ2v) is 2.70. The van der Waals surface area contributed by atoms with Gasteiger partial charge in [-0.05, 0) is 12.1 Å². The van der Waals surface area contributed by atoms with Crippen molar-refractivity contribution in [3.63, 3.8) is 0 Å². The highest BCUT2D eigenvalue weighted by Crippen LogP contribution is 2.15. The Morgan fingerprint density at radius 3 is 2.77 bits per heavy atom. The van der Waals surface area contributed by atoms with Crippen LogP contribution in [0.25, 0.3) is 11.0 Å². The Labute approximate surface area is 73.8 Å². The first-order valence-corrected chi connectivity index (χ1v) is 3.71. The lowest BCUT2D eigenvalue weighted by Crippen LogP contribution is -2.32. The minimum Gasteiger partial charge on any atom is -0.495 e. The third-order valence-electron chi connectivity index (χ3n) is 1.75. The zero-order valence-electron chi connectivity index (χ0n) is 6.60. The van der Waals surface area contributed by atoms with Gasteiger partial charge in [0.05, 0.1) is 16.6 Å². The van der Waals surface area contributed by atoms with Crippen LogP contribution in [-0.4, -0.2) is 32.2 Å². The molecule has 4 N–H and O–H groups in total. The number of nitrogens with zero attached hydrogens (tertiary/aromatic N) is 1. The van der Waals surface area contributed by atoms with Crippen LogP contribution < -0.4 is 5.59 Å². The molecule has 0 spiro atoms. The molecule has 0 bridgehead atoms. The largest absolute Gasteiger partial charge is 0.508 e. The molecule has 0 unspecified atom stereocenters. The molecule has 5 nitrogen and oxygen atoms in total. The van der Waals surface area contributed by atoms with Gasteiger partial charge < -0.3 is 20.1 Å². The summed E-state index contributed by atoms with van der Waals surface area (Å²) in [6.45, 7) is 0. The molecule has 0 radical (unpaired) electrons. The second kappa shape index (κ2) is 2.76. The summed E-state index contributed by atoms with van der Waals surface area (Å²) in [5.74, 6) is 0.00656. The summed E-state index contributed by atoms with van der Waals surface area (Å²) in [6.07, 6.45) is 0. The third-order valence-corrected chi connectivity index (χ3v) is 1.75. The highest BCUT2D eigenvalue weighted by molar-refractivity contribution is 6.57. The van der Waals surface area contributed by atoms with Gasteiger partial charge in [-0.2, -0.15) is 0 Å². The highest BCUT2D eigenvalue weighted by Gasteiger charge is 2.13. The monoisotopic (exact) mass is 178 g/mol. The molecular weight excluding hydrogens is 171 g/mol. The molecule has 66 valence electrons. The number of aromatic amines is 1. The Morgan fingerprint density at radius 1 is 1.31 bits per heavy atom. The van der Waals surface area contributed by atoms with Crippen molar-refractivity contribution in [3.8, 4) is 5.88 Å². The van der Waals surface area contributed by atoms with Crippen molar-refractivity contribution in [2.24, 2.45) is 0 Å². The van der Waals surface area contributed by atoms with Crippen molar-refractivity contribution in [3.05, 3.63) is 18.2 Å². The maximum Gasteiger partial charge on any atom is 0.508 e. The van der Waals surface area contributed by atoms with E-state index in [4.69, 9.17) is 15.2 Å². The Kier molecular flexibility index (Phi) is 1.71. The smallest absolute Gasteiger partial charge is 0.495 e. The summed E-state index contributed by atoms with van der Waals surface area (Å²) in [7, 11) is -1.58. The van der Waals surface area contributed by atoms with Gasteiger partial charge in [0.25, 0.3) is 0 Å². The number of nitrogens with one attached hydrogen (secondary N) is 1. The van der Waals surface area contributed by atoms with Gasteiger partial charge in [0, 0.05) is 6.07 Å². The number of pyridine rings is 1. The van der Waals surface area contributed by atoms with Crippen molar-refractivity contribution in [2.45, 2.75) is 0 Å². The van der Waals surface area contributed by atoms with Crippen molar-refractivity contribution < 1.29 is 15.2 Å². The third kappa shape index (κ3) is 1.37. The van der Waals surface area contributed by atoms with Crippen LogP contribution in [0.15, 0.2) is 18.2 Å². The second-order valence-electron chi connectivity index (χ2n) is 2.70. The average molecular weight is 178 g/mol. The Hall–Kier alpha value is -1.53. The summed E-state index contributed by atoms with van der Waals surface area (Å²) in [6, 6.07) is 4.51. The van der Waals surface area contributed by atoms with Gasteiger partial charge in [0.15, 0.2) is 5.88 Å². The Morgan fingerprint density at radius 2 is 2.08 bits per heavy atom. The van der Waals surface area contributed by atoms with Crippen LogP contribution in [0.1, 0.15) is 0 Å². The summed E-state index contributed by atoms with van der Waals surface area (Å²) >= 11 is 0. The van der Waals surface area contributed by atoms with Gasteiger partial charge in [-0.3, -0.25) is 4.98 Å². The molecule has 0 aliphatic rings. The lowest BCUT2D eigenvalue weighted by atomic mass is 9.86. The molecular formula is C7H7BN2O3. The van der Waals surface area contributed by atoms with Gasteiger partial charge in [0.1, 0.15) is 0 Å². The molecule has 2 aromatic heterocycles. The first kappa shape index (κ1) is 8.09. The van der Waals surface area contributed by atoms with Crippen LogP contribution >= 0.6 is 0 Å². The molecule has 2 heterocycles. The fourth-order valence-electron chi connectivity index (χ4n) is 1.15. The van der Waals surface area contributed by atoms with Crippen LogP contribution in [0.5, 0.6) is 5.88 Å². The fourth-order valence-corrected chi connectivity index (χ4v) is 1.15. The van der Waals surface area contributed by atoms with E-state index < -0.39 is 7.12 Å². The van der Waals surface area contributed by atoms with Gasteiger partial charge in [0.2, 0.25) is 0 Å². The quantitative estimate of drug-likeness (QED) is 0.419. The molecule has 2 aromatic rings. The lowest BCUT2D eigenvalue weighted by molar-refractivity contribution is 0.424. The molecule has 0 fully saturated rings. The Bertz CT molecular complexity index is 440. The van der Waals surface area contributed by atoms with Crippen molar-refractivity contribution in [1.29, 1.82) is 0 Å². The SMILES string of the molecule is OB(O)c1ccc2[nH]c(O)cc2n1. The molecule has 0 aliphatic carbocycles. The molecule has 2 rings (SSSR count). The van der Waals surface area contributed by atoms with Crippen LogP contribution in [-0.2, 0) is 0 Å². The molecule has 0 amide bonds. The van der Waals surface area contributed by atoms with Crippen molar-refractivity contribution >= 4 is 23.7 Å². The average Bonchev–Trinajstić information content (AvgIpc) is 2.42. The molecule has 0 aromatic carbocycles. The molecule has 6 heteroatoms. The zero-order chi connectivity index (χ0) is 9.42. The minimum atomic E-state index is -1.58. The number of rotatable bonds is 1. The van der Waals surface area contributed by atoms with E-state index in [-0.39, 0.29) is 11.5 Å². The number of hydrogen-bond acceptors (Lipinski definition) is 4. The summed E-state index contributed by atoms with van der Waals surface area (Å²) in [5, 5.41) is 26.7. The summed E-state index contributed by atoms with van der Waals surface area (Å²) in [5.41, 5.74) is 1.32. The molecule has 0 aliphatic heterocycles. The van der Waals surface area contributed by atoms with E-state index in [9.17, 15) is 0 Å².